The molecule has 1 aliphatic rings. The van der Waals surface area contributed by atoms with Crippen molar-refractivity contribution in [1.29, 1.82) is 5.26 Å². The first-order valence-electron chi connectivity index (χ1n) is 15.0. The van der Waals surface area contributed by atoms with E-state index in [1.807, 2.05) is 74.6 Å². The fourth-order valence-corrected chi connectivity index (χ4v) is 5.50. The molecule has 1 unspecified atom stereocenters. The third-order valence-corrected chi connectivity index (χ3v) is 8.14. The van der Waals surface area contributed by atoms with Gasteiger partial charge in [-0.2, -0.15) is 5.26 Å². The van der Waals surface area contributed by atoms with Gasteiger partial charge >= 0.3 is 0 Å². The second kappa shape index (κ2) is 14.5. The van der Waals surface area contributed by atoms with Crippen LogP contribution in [0.4, 0.5) is 11.4 Å². The van der Waals surface area contributed by atoms with Crippen molar-refractivity contribution in [1.82, 2.24) is 9.88 Å². The molecular formula is C35H40N4O6. The maximum atomic E-state index is 10.7. The zero-order chi connectivity index (χ0) is 31.8. The number of nitrogens with one attached hydrogen (secondary N) is 1. The molecule has 0 amide bonds. The first-order chi connectivity index (χ1) is 21.8. The van der Waals surface area contributed by atoms with Gasteiger partial charge in [0.1, 0.15) is 11.8 Å². The van der Waals surface area contributed by atoms with Crippen LogP contribution in [0.3, 0.4) is 0 Å². The van der Waals surface area contributed by atoms with Crippen LogP contribution in [0.2, 0.25) is 0 Å². The van der Waals surface area contributed by atoms with Crippen LogP contribution in [0.1, 0.15) is 31.7 Å². The van der Waals surface area contributed by atoms with Crippen molar-refractivity contribution in [3.63, 3.8) is 0 Å². The molecular weight excluding hydrogens is 572 g/mol. The molecule has 1 fully saturated rings. The Balaban J connectivity index is 1.25. The topological polar surface area (TPSA) is 118 Å². The highest BCUT2D eigenvalue weighted by Gasteiger charge is 2.37. The molecule has 10 nitrogen and oxygen atoms in total. The normalized spacial score (nSPS) is 17.9. The van der Waals surface area contributed by atoms with E-state index < -0.39 is 5.60 Å². The molecule has 1 saturated heterocycles. The highest BCUT2D eigenvalue weighted by molar-refractivity contribution is 5.97. The van der Waals surface area contributed by atoms with Crippen LogP contribution in [0.15, 0.2) is 66.9 Å². The van der Waals surface area contributed by atoms with Crippen molar-refractivity contribution in [2.24, 2.45) is 0 Å². The van der Waals surface area contributed by atoms with Crippen LogP contribution < -0.4 is 24.3 Å². The molecule has 45 heavy (non-hydrogen) atoms. The maximum absolute atomic E-state index is 10.7. The molecule has 2 atom stereocenters. The monoisotopic (exact) mass is 612 g/mol. The van der Waals surface area contributed by atoms with Crippen molar-refractivity contribution < 1.29 is 28.8 Å². The second-order valence-electron chi connectivity index (χ2n) is 11.3. The lowest BCUT2D eigenvalue weighted by molar-refractivity contribution is -0.113. The number of aliphatic hydroxyl groups is 1. The highest BCUT2D eigenvalue weighted by Crippen LogP contribution is 2.38. The fourth-order valence-electron chi connectivity index (χ4n) is 5.50. The lowest BCUT2D eigenvalue weighted by Crippen LogP contribution is -2.55. The molecule has 0 spiro atoms. The predicted octanol–water partition coefficient (Wildman–Crippen LogP) is 6.29. The second-order valence-corrected chi connectivity index (χ2v) is 11.3. The van der Waals surface area contributed by atoms with Crippen molar-refractivity contribution >= 4 is 22.3 Å². The minimum absolute atomic E-state index is 0.0235. The van der Waals surface area contributed by atoms with Gasteiger partial charge in [-0.15, -0.1) is 0 Å². The molecule has 1 aliphatic heterocycles. The SMILES string of the molecule is COc1cc2c(Nc3ccc(Oc4ccccc4OC)cc3)c(C#N)cnc2cc1OCCCCN(C)C1COCC[C@@]1(C)O. The molecule has 0 aliphatic carbocycles. The van der Waals surface area contributed by atoms with Crippen molar-refractivity contribution in [2.45, 2.75) is 37.8 Å². The number of aromatic nitrogens is 1. The zero-order valence-electron chi connectivity index (χ0n) is 26.2. The third-order valence-electron chi connectivity index (χ3n) is 8.14. The summed E-state index contributed by atoms with van der Waals surface area (Å²) < 4.78 is 28.8. The molecule has 0 saturated carbocycles. The fraction of sp³-hybridized carbons (Fsp3) is 0.371. The number of methoxy groups -OCH3 is 2. The van der Waals surface area contributed by atoms with Gasteiger partial charge in [-0.3, -0.25) is 9.88 Å². The van der Waals surface area contributed by atoms with E-state index in [1.165, 1.54) is 0 Å². The molecule has 10 heteroatoms. The summed E-state index contributed by atoms with van der Waals surface area (Å²) in [5, 5.41) is 24.7. The van der Waals surface area contributed by atoms with Gasteiger partial charge in [0.05, 0.1) is 55.8 Å². The van der Waals surface area contributed by atoms with Crippen molar-refractivity contribution in [2.75, 3.05) is 52.9 Å². The number of anilines is 2. The number of hydrogen-bond acceptors (Lipinski definition) is 10. The molecule has 3 aromatic carbocycles. The molecule has 2 N–H and O–H groups in total. The van der Waals surface area contributed by atoms with E-state index in [2.05, 4.69) is 21.3 Å². The number of hydrogen-bond donors (Lipinski definition) is 2. The first kappa shape index (κ1) is 31.9. The van der Waals surface area contributed by atoms with E-state index in [-0.39, 0.29) is 6.04 Å². The quantitative estimate of drug-likeness (QED) is 0.167. The number of para-hydroxylation sites is 2. The van der Waals surface area contributed by atoms with E-state index in [1.54, 1.807) is 20.4 Å². The average molecular weight is 613 g/mol. The summed E-state index contributed by atoms with van der Waals surface area (Å²) >= 11 is 0. The van der Waals surface area contributed by atoms with Gasteiger partial charge in [0.15, 0.2) is 23.0 Å². The Kier molecular flexibility index (Phi) is 10.2. The van der Waals surface area contributed by atoms with Crippen molar-refractivity contribution in [3.05, 3.63) is 72.4 Å². The molecule has 0 radical (unpaired) electrons. The summed E-state index contributed by atoms with van der Waals surface area (Å²) in [6.07, 6.45) is 3.92. The number of likely N-dealkylation sites (N-methyl/N-ethyl adjacent to an activating group) is 1. The van der Waals surface area contributed by atoms with Gasteiger partial charge in [0, 0.05) is 36.4 Å². The standard InChI is InChI=1S/C35H40N4O6/c1-35(40)15-18-43-23-33(35)39(2)16-7-8-17-44-32-20-28-27(19-31(32)42-4)34(24(21-36)22-37-28)38-25-11-13-26(14-12-25)45-30-10-6-5-9-29(30)41-3/h5-6,9-14,19-20,22,33,40H,7-8,15-18,23H2,1-4H3,(H,37,38)/t33?,35-/m1/s1. The summed E-state index contributed by atoms with van der Waals surface area (Å²) in [7, 11) is 5.22. The van der Waals surface area contributed by atoms with E-state index >= 15 is 0 Å². The van der Waals surface area contributed by atoms with Crippen molar-refractivity contribution in [3.8, 4) is 34.8 Å². The zero-order valence-corrected chi connectivity index (χ0v) is 26.2. The average Bonchev–Trinajstić information content (AvgIpc) is 3.05. The molecule has 0 bridgehead atoms. The van der Waals surface area contributed by atoms with Gasteiger partial charge < -0.3 is 34.1 Å². The number of pyridine rings is 1. The van der Waals surface area contributed by atoms with Gasteiger partial charge in [0.25, 0.3) is 0 Å². The lowest BCUT2D eigenvalue weighted by Gasteiger charge is -2.42. The Morgan fingerprint density at radius 3 is 2.51 bits per heavy atom. The minimum atomic E-state index is -0.747. The van der Waals surface area contributed by atoms with Crippen LogP contribution in [0.25, 0.3) is 10.9 Å². The van der Waals surface area contributed by atoms with E-state index in [9.17, 15) is 10.4 Å². The van der Waals surface area contributed by atoms with Crippen LogP contribution >= 0.6 is 0 Å². The minimum Gasteiger partial charge on any atom is -0.493 e. The Hall–Kier alpha value is -4.56. The molecule has 5 rings (SSSR count). The maximum Gasteiger partial charge on any atom is 0.169 e. The van der Waals surface area contributed by atoms with Gasteiger partial charge in [0.2, 0.25) is 0 Å². The molecule has 2 heterocycles. The summed E-state index contributed by atoms with van der Waals surface area (Å²) in [6, 6.07) is 20.8. The predicted molar refractivity (Wildman–Crippen MR) is 173 cm³/mol. The van der Waals surface area contributed by atoms with Crippen LogP contribution in [-0.2, 0) is 4.74 Å². The molecule has 1 aromatic heterocycles. The Morgan fingerprint density at radius 1 is 1.04 bits per heavy atom. The number of nitriles is 1. The Labute approximate surface area is 264 Å². The lowest BCUT2D eigenvalue weighted by atomic mass is 9.90. The largest absolute Gasteiger partial charge is 0.493 e. The Bertz CT molecular complexity index is 1640. The van der Waals surface area contributed by atoms with Gasteiger partial charge in [-0.25, -0.2) is 0 Å². The molecule has 4 aromatic rings. The van der Waals surface area contributed by atoms with Crippen LogP contribution in [0, 0.1) is 11.3 Å². The van der Waals surface area contributed by atoms with Crippen LogP contribution in [0.5, 0.6) is 28.7 Å². The summed E-state index contributed by atoms with van der Waals surface area (Å²) in [5.74, 6) is 3.05. The van der Waals surface area contributed by atoms with E-state index in [0.29, 0.717) is 71.8 Å². The smallest absolute Gasteiger partial charge is 0.169 e. The van der Waals surface area contributed by atoms with Gasteiger partial charge in [-0.05, 0) is 75.8 Å². The number of unbranched alkanes of at least 4 members (excludes halogenated alkanes) is 1. The van der Waals surface area contributed by atoms with Gasteiger partial charge in [-0.1, -0.05) is 12.1 Å². The van der Waals surface area contributed by atoms with E-state index in [4.69, 9.17) is 23.7 Å². The Morgan fingerprint density at radius 2 is 1.80 bits per heavy atom. The first-order valence-corrected chi connectivity index (χ1v) is 15.0. The summed E-state index contributed by atoms with van der Waals surface area (Å²) in [6.45, 7) is 4.34. The number of benzene rings is 3. The number of nitrogens with zero attached hydrogens (tertiary/aromatic N) is 3. The summed E-state index contributed by atoms with van der Waals surface area (Å²) in [4.78, 5) is 6.70. The van der Waals surface area contributed by atoms with Crippen LogP contribution in [-0.4, -0.2) is 74.3 Å². The third kappa shape index (κ3) is 7.57. The number of fused-ring (bicyclic) bond motifs is 1. The molecule has 236 valence electrons. The summed E-state index contributed by atoms with van der Waals surface area (Å²) in [5.41, 5.74) is 1.72. The number of rotatable bonds is 13. The highest BCUT2D eigenvalue weighted by atomic mass is 16.5. The number of ether oxygens (including phenoxy) is 5. The van der Waals surface area contributed by atoms with E-state index in [0.717, 1.165) is 30.5 Å².